The average molecular weight is 268 g/mol. The summed E-state index contributed by atoms with van der Waals surface area (Å²) >= 11 is 1.87. The van der Waals surface area contributed by atoms with E-state index in [0.717, 1.165) is 13.1 Å². The fourth-order valence-electron chi connectivity index (χ4n) is 1.87. The highest BCUT2D eigenvalue weighted by Crippen LogP contribution is 2.11. The normalized spacial score (nSPS) is 12.3. The first-order chi connectivity index (χ1) is 8.47. The third-order valence-corrected chi connectivity index (χ3v) is 3.88. The molecule has 0 aromatic carbocycles. The van der Waals surface area contributed by atoms with E-state index in [0.29, 0.717) is 0 Å². The van der Waals surface area contributed by atoms with E-state index < -0.39 is 0 Å². The van der Waals surface area contributed by atoms with Crippen LogP contribution in [0.4, 0.5) is 0 Å². The lowest BCUT2D eigenvalue weighted by molar-refractivity contribution is 0.304. The Labute approximate surface area is 116 Å². The van der Waals surface area contributed by atoms with Crippen LogP contribution in [0.15, 0.2) is 17.5 Å². The highest BCUT2D eigenvalue weighted by molar-refractivity contribution is 7.09. The maximum atomic E-state index is 3.53. The molecule has 0 spiro atoms. The second kappa shape index (κ2) is 7.93. The van der Waals surface area contributed by atoms with Crippen molar-refractivity contribution in [2.45, 2.75) is 45.6 Å². The molecule has 1 aromatic heterocycles. The Morgan fingerprint density at radius 3 is 2.61 bits per heavy atom. The van der Waals surface area contributed by atoms with Crippen LogP contribution < -0.4 is 5.32 Å². The van der Waals surface area contributed by atoms with Gasteiger partial charge in [0.2, 0.25) is 0 Å². The molecule has 0 aliphatic heterocycles. The molecule has 0 unspecified atom stereocenters. The van der Waals surface area contributed by atoms with E-state index in [1.165, 1.54) is 30.7 Å². The highest BCUT2D eigenvalue weighted by atomic mass is 32.1. The van der Waals surface area contributed by atoms with E-state index in [4.69, 9.17) is 0 Å². The first-order valence-electron chi connectivity index (χ1n) is 6.93. The molecule has 0 fully saturated rings. The van der Waals surface area contributed by atoms with Crippen molar-refractivity contribution in [3.8, 4) is 0 Å². The van der Waals surface area contributed by atoms with Crippen molar-refractivity contribution in [1.29, 1.82) is 0 Å². The summed E-state index contributed by atoms with van der Waals surface area (Å²) in [7, 11) is 2.22. The van der Waals surface area contributed by atoms with Crippen LogP contribution in [0.25, 0.3) is 0 Å². The van der Waals surface area contributed by atoms with Crippen LogP contribution in [0.5, 0.6) is 0 Å². The lowest BCUT2D eigenvalue weighted by atomic mass is 10.1. The first kappa shape index (κ1) is 15.7. The van der Waals surface area contributed by atoms with Crippen LogP contribution in [0.3, 0.4) is 0 Å². The number of nitrogens with one attached hydrogen (secondary N) is 1. The lowest BCUT2D eigenvalue weighted by Crippen LogP contribution is -2.40. The van der Waals surface area contributed by atoms with Gasteiger partial charge >= 0.3 is 0 Å². The average Bonchev–Trinajstić information content (AvgIpc) is 2.75. The van der Waals surface area contributed by atoms with Gasteiger partial charge in [0.1, 0.15) is 0 Å². The highest BCUT2D eigenvalue weighted by Gasteiger charge is 2.08. The Morgan fingerprint density at radius 1 is 1.22 bits per heavy atom. The van der Waals surface area contributed by atoms with Crippen LogP contribution in [0.1, 0.15) is 38.5 Å². The third-order valence-electron chi connectivity index (χ3n) is 2.94. The number of nitrogens with zero attached hydrogens (tertiary/aromatic N) is 1. The summed E-state index contributed by atoms with van der Waals surface area (Å²) in [5.74, 6) is 0. The SMILES string of the molecule is CN(CCCCc1cccs1)CCNC(C)(C)C. The van der Waals surface area contributed by atoms with Crippen LogP contribution >= 0.6 is 11.3 Å². The van der Waals surface area contributed by atoms with Crippen LogP contribution in [-0.4, -0.2) is 37.1 Å². The Kier molecular flexibility index (Phi) is 6.90. The van der Waals surface area contributed by atoms with Gasteiger partial charge in [-0.1, -0.05) is 6.07 Å². The van der Waals surface area contributed by atoms with Gasteiger partial charge < -0.3 is 10.2 Å². The van der Waals surface area contributed by atoms with E-state index in [-0.39, 0.29) is 5.54 Å². The van der Waals surface area contributed by atoms with Crippen molar-refractivity contribution < 1.29 is 0 Å². The molecule has 0 aliphatic carbocycles. The molecule has 0 amide bonds. The molecule has 104 valence electrons. The summed E-state index contributed by atoms with van der Waals surface area (Å²) in [5.41, 5.74) is 0.236. The monoisotopic (exact) mass is 268 g/mol. The molecule has 1 aromatic rings. The summed E-state index contributed by atoms with van der Waals surface area (Å²) < 4.78 is 0. The van der Waals surface area contributed by atoms with Crippen molar-refractivity contribution >= 4 is 11.3 Å². The molecule has 0 radical (unpaired) electrons. The van der Waals surface area contributed by atoms with E-state index >= 15 is 0 Å². The molecular weight excluding hydrogens is 240 g/mol. The number of unbranched alkanes of at least 4 members (excludes halogenated alkanes) is 1. The standard InChI is InChI=1S/C15H28N2S/c1-15(2,3)16-10-12-17(4)11-6-5-8-14-9-7-13-18-14/h7,9,13,16H,5-6,8,10-12H2,1-4H3. The van der Waals surface area contributed by atoms with Gasteiger partial charge in [-0.15, -0.1) is 11.3 Å². The molecule has 18 heavy (non-hydrogen) atoms. The van der Waals surface area contributed by atoms with Crippen molar-refractivity contribution in [3.05, 3.63) is 22.4 Å². The smallest absolute Gasteiger partial charge is 0.0104 e. The maximum absolute atomic E-state index is 3.53. The third kappa shape index (κ3) is 7.85. The topological polar surface area (TPSA) is 15.3 Å². The number of aryl methyl sites for hydroxylation is 1. The van der Waals surface area contributed by atoms with Crippen molar-refractivity contribution in [2.75, 3.05) is 26.7 Å². The molecule has 1 N–H and O–H groups in total. The molecule has 0 saturated heterocycles. The van der Waals surface area contributed by atoms with E-state index in [1.54, 1.807) is 0 Å². The van der Waals surface area contributed by atoms with Gasteiger partial charge in [-0.3, -0.25) is 0 Å². The summed E-state index contributed by atoms with van der Waals surface area (Å²) in [6.07, 6.45) is 3.84. The summed E-state index contributed by atoms with van der Waals surface area (Å²) in [5, 5.41) is 5.69. The summed E-state index contributed by atoms with van der Waals surface area (Å²) in [6, 6.07) is 4.38. The zero-order valence-corrected chi connectivity index (χ0v) is 13.1. The molecule has 1 heterocycles. The molecule has 2 nitrogen and oxygen atoms in total. The fourth-order valence-corrected chi connectivity index (χ4v) is 2.62. The van der Waals surface area contributed by atoms with Gasteiger partial charge in [0.25, 0.3) is 0 Å². The predicted octanol–water partition coefficient (Wildman–Crippen LogP) is 3.39. The largest absolute Gasteiger partial charge is 0.311 e. The number of likely N-dealkylation sites (N-methyl/N-ethyl adjacent to an activating group) is 1. The van der Waals surface area contributed by atoms with Crippen LogP contribution in [0, 0.1) is 0 Å². The number of rotatable bonds is 8. The first-order valence-corrected chi connectivity index (χ1v) is 7.81. The van der Waals surface area contributed by atoms with Gasteiger partial charge in [-0.2, -0.15) is 0 Å². The van der Waals surface area contributed by atoms with Crippen molar-refractivity contribution in [2.24, 2.45) is 0 Å². The van der Waals surface area contributed by atoms with E-state index in [2.05, 4.69) is 55.5 Å². The van der Waals surface area contributed by atoms with Crippen molar-refractivity contribution in [3.63, 3.8) is 0 Å². The van der Waals surface area contributed by atoms with Gasteiger partial charge in [0.15, 0.2) is 0 Å². The van der Waals surface area contributed by atoms with Gasteiger partial charge in [0, 0.05) is 23.5 Å². The van der Waals surface area contributed by atoms with Crippen LogP contribution in [-0.2, 0) is 6.42 Å². The summed E-state index contributed by atoms with van der Waals surface area (Å²) in [6.45, 7) is 10.1. The van der Waals surface area contributed by atoms with Crippen molar-refractivity contribution in [1.82, 2.24) is 10.2 Å². The van der Waals surface area contributed by atoms with Crippen LogP contribution in [0.2, 0.25) is 0 Å². The second-order valence-corrected chi connectivity index (χ2v) is 7.05. The number of hydrogen-bond acceptors (Lipinski definition) is 3. The molecular formula is C15H28N2S. The number of thiophene rings is 1. The minimum Gasteiger partial charge on any atom is -0.311 e. The zero-order chi connectivity index (χ0) is 13.4. The zero-order valence-electron chi connectivity index (χ0n) is 12.3. The Balaban J connectivity index is 1.98. The molecule has 0 aliphatic rings. The minimum atomic E-state index is 0.236. The second-order valence-electron chi connectivity index (χ2n) is 6.02. The Bertz CT molecular complexity index is 301. The van der Waals surface area contributed by atoms with Gasteiger partial charge in [-0.25, -0.2) is 0 Å². The Morgan fingerprint density at radius 2 is 2.00 bits per heavy atom. The molecule has 3 heteroatoms. The fraction of sp³-hybridized carbons (Fsp3) is 0.733. The summed E-state index contributed by atoms with van der Waals surface area (Å²) in [4.78, 5) is 3.94. The molecule has 0 saturated carbocycles. The maximum Gasteiger partial charge on any atom is 0.0104 e. The Hall–Kier alpha value is -0.380. The quantitative estimate of drug-likeness (QED) is 0.727. The van der Waals surface area contributed by atoms with E-state index in [1.807, 2.05) is 11.3 Å². The van der Waals surface area contributed by atoms with E-state index in [9.17, 15) is 0 Å². The lowest BCUT2D eigenvalue weighted by Gasteiger charge is -2.23. The van der Waals surface area contributed by atoms with Gasteiger partial charge in [-0.05, 0) is 65.1 Å². The molecule has 1 rings (SSSR count). The number of hydrogen-bond donors (Lipinski definition) is 1. The molecule has 0 bridgehead atoms. The van der Waals surface area contributed by atoms with Gasteiger partial charge in [0.05, 0.1) is 0 Å². The predicted molar refractivity (Wildman–Crippen MR) is 82.5 cm³/mol. The minimum absolute atomic E-state index is 0.236. The molecule has 0 atom stereocenters.